The first kappa shape index (κ1) is 16.9. The van der Waals surface area contributed by atoms with Gasteiger partial charge in [-0.2, -0.15) is 0 Å². The second-order valence-corrected chi connectivity index (χ2v) is 5.79. The van der Waals surface area contributed by atoms with E-state index in [0.29, 0.717) is 19.0 Å². The predicted molar refractivity (Wildman–Crippen MR) is 81.9 cm³/mol. The molecule has 5 nitrogen and oxygen atoms in total. The Morgan fingerprint density at radius 3 is 2.53 bits per heavy atom. The van der Waals surface area contributed by atoms with Crippen LogP contribution in [0.25, 0.3) is 0 Å². The maximum atomic E-state index is 10.2. The van der Waals surface area contributed by atoms with Crippen molar-refractivity contribution < 1.29 is 5.11 Å². The van der Waals surface area contributed by atoms with Gasteiger partial charge in [0, 0.05) is 18.6 Å². The molecule has 0 aromatic carbocycles. The van der Waals surface area contributed by atoms with Gasteiger partial charge in [-0.3, -0.25) is 4.99 Å². The van der Waals surface area contributed by atoms with Crippen molar-refractivity contribution in [3.63, 3.8) is 0 Å². The van der Waals surface area contributed by atoms with E-state index in [0.717, 1.165) is 13.0 Å². The molecule has 1 saturated heterocycles. The zero-order valence-electron chi connectivity index (χ0n) is 11.2. The van der Waals surface area contributed by atoms with Crippen molar-refractivity contribution in [3.8, 4) is 0 Å². The van der Waals surface area contributed by atoms with Crippen LogP contribution < -0.4 is 11.1 Å². The molecule has 1 heterocycles. The summed E-state index contributed by atoms with van der Waals surface area (Å²) in [6.07, 6.45) is 0.760. The highest BCUT2D eigenvalue weighted by atomic mass is 127. The van der Waals surface area contributed by atoms with E-state index in [-0.39, 0.29) is 29.5 Å². The smallest absolute Gasteiger partial charge is 0.189 e. The van der Waals surface area contributed by atoms with Crippen molar-refractivity contribution in [2.75, 3.05) is 26.7 Å². The van der Waals surface area contributed by atoms with Gasteiger partial charge in [0.15, 0.2) is 5.96 Å². The Balaban J connectivity index is 0.00000256. The Bertz CT molecular complexity index is 277. The molecule has 1 rings (SSSR count). The van der Waals surface area contributed by atoms with E-state index in [9.17, 15) is 5.11 Å². The van der Waals surface area contributed by atoms with E-state index in [4.69, 9.17) is 5.73 Å². The molecule has 0 spiro atoms. The lowest BCUT2D eigenvalue weighted by Crippen LogP contribution is -2.46. The summed E-state index contributed by atoms with van der Waals surface area (Å²) in [5, 5.41) is 13.3. The summed E-state index contributed by atoms with van der Waals surface area (Å²) in [7, 11) is 2.00. The van der Waals surface area contributed by atoms with E-state index in [1.807, 2.05) is 27.8 Å². The summed E-state index contributed by atoms with van der Waals surface area (Å²) in [6, 6.07) is 0. The van der Waals surface area contributed by atoms with Crippen LogP contribution in [-0.4, -0.2) is 53.8 Å². The van der Waals surface area contributed by atoms with Crippen molar-refractivity contribution in [2.24, 2.45) is 10.7 Å². The van der Waals surface area contributed by atoms with Crippen LogP contribution in [0.2, 0.25) is 0 Å². The number of nitrogens with one attached hydrogen (secondary N) is 1. The van der Waals surface area contributed by atoms with Crippen molar-refractivity contribution in [1.82, 2.24) is 10.2 Å². The Morgan fingerprint density at radius 1 is 1.53 bits per heavy atom. The fourth-order valence-corrected chi connectivity index (χ4v) is 1.84. The van der Waals surface area contributed by atoms with Crippen LogP contribution in [0.15, 0.2) is 4.99 Å². The maximum absolute atomic E-state index is 10.2. The molecule has 1 atom stereocenters. The van der Waals surface area contributed by atoms with Crippen LogP contribution >= 0.6 is 24.0 Å². The molecule has 0 saturated carbocycles. The molecule has 1 aliphatic rings. The molecule has 0 bridgehead atoms. The van der Waals surface area contributed by atoms with Crippen molar-refractivity contribution >= 4 is 29.9 Å². The molecular formula is C11H25IN4O. The fourth-order valence-electron chi connectivity index (χ4n) is 1.84. The van der Waals surface area contributed by atoms with E-state index in [1.165, 1.54) is 0 Å². The number of hydrogen-bond donors (Lipinski definition) is 3. The Labute approximate surface area is 121 Å². The van der Waals surface area contributed by atoms with E-state index in [1.54, 1.807) is 0 Å². The summed E-state index contributed by atoms with van der Waals surface area (Å²) in [4.78, 5) is 6.30. The average Bonchev–Trinajstić information content (AvgIpc) is 2.41. The van der Waals surface area contributed by atoms with Crippen molar-refractivity contribution in [1.29, 1.82) is 0 Å². The van der Waals surface area contributed by atoms with Crippen LogP contribution in [0.4, 0.5) is 0 Å². The second-order valence-electron chi connectivity index (χ2n) is 5.79. The number of rotatable bonds is 2. The minimum Gasteiger partial charge on any atom is -0.387 e. The van der Waals surface area contributed by atoms with Crippen LogP contribution in [0.1, 0.15) is 27.2 Å². The largest absolute Gasteiger partial charge is 0.387 e. The first-order chi connectivity index (χ1) is 7.20. The van der Waals surface area contributed by atoms with E-state index < -0.39 is 5.60 Å². The van der Waals surface area contributed by atoms with Gasteiger partial charge in [-0.15, -0.1) is 24.0 Å². The molecule has 1 unspecified atom stereocenters. The summed E-state index contributed by atoms with van der Waals surface area (Å²) < 4.78 is 0. The quantitative estimate of drug-likeness (QED) is 0.380. The SMILES string of the molecule is CN1CCC(O)(CN=C(N)NC(C)(C)C)C1.I. The standard InChI is InChI=1S/C11H24N4O.HI/c1-10(2,3)14-9(12)13-7-11(16)5-6-15(4)8-11;/h16H,5-8H2,1-4H3,(H3,12,13,14);1H. The predicted octanol–water partition coefficient (Wildman–Crippen LogP) is 0.374. The number of nitrogens with zero attached hydrogens (tertiary/aromatic N) is 2. The molecule has 0 aromatic rings. The third-order valence-corrected chi connectivity index (χ3v) is 2.57. The number of aliphatic hydroxyl groups is 1. The third-order valence-electron chi connectivity index (χ3n) is 2.57. The van der Waals surface area contributed by atoms with Gasteiger partial charge in [-0.1, -0.05) is 0 Å². The topological polar surface area (TPSA) is 73.9 Å². The zero-order chi connectivity index (χ0) is 12.4. The molecule has 102 valence electrons. The molecule has 0 radical (unpaired) electrons. The van der Waals surface area contributed by atoms with Gasteiger partial charge < -0.3 is 21.1 Å². The third kappa shape index (κ3) is 6.42. The number of halogens is 1. The highest BCUT2D eigenvalue weighted by molar-refractivity contribution is 14.0. The van der Waals surface area contributed by atoms with Gasteiger partial charge in [0.05, 0.1) is 12.1 Å². The van der Waals surface area contributed by atoms with Gasteiger partial charge in [-0.25, -0.2) is 0 Å². The van der Waals surface area contributed by atoms with Gasteiger partial charge >= 0.3 is 0 Å². The number of nitrogens with two attached hydrogens (primary N) is 1. The lowest BCUT2D eigenvalue weighted by molar-refractivity contribution is 0.0613. The summed E-state index contributed by atoms with van der Waals surface area (Å²) in [5.74, 6) is 0.399. The maximum Gasteiger partial charge on any atom is 0.189 e. The van der Waals surface area contributed by atoms with E-state index in [2.05, 4.69) is 15.2 Å². The molecule has 0 aromatic heterocycles. The number of guanidine groups is 1. The molecule has 17 heavy (non-hydrogen) atoms. The monoisotopic (exact) mass is 356 g/mol. The molecule has 1 fully saturated rings. The van der Waals surface area contributed by atoms with Gasteiger partial charge in [0.1, 0.15) is 0 Å². The normalized spacial score (nSPS) is 26.8. The number of likely N-dealkylation sites (tertiary alicyclic amines) is 1. The number of aliphatic imine (C=N–C) groups is 1. The zero-order valence-corrected chi connectivity index (χ0v) is 13.5. The number of hydrogen-bond acceptors (Lipinski definition) is 3. The Hall–Kier alpha value is -0.0800. The first-order valence-electron chi connectivity index (χ1n) is 5.69. The molecular weight excluding hydrogens is 331 g/mol. The second kappa shape index (κ2) is 6.19. The van der Waals surface area contributed by atoms with Crippen LogP contribution in [-0.2, 0) is 0 Å². The molecule has 6 heteroatoms. The average molecular weight is 356 g/mol. The van der Waals surface area contributed by atoms with E-state index >= 15 is 0 Å². The van der Waals surface area contributed by atoms with Gasteiger partial charge in [-0.05, 0) is 34.2 Å². The highest BCUT2D eigenvalue weighted by Crippen LogP contribution is 2.19. The van der Waals surface area contributed by atoms with Crippen LogP contribution in [0.3, 0.4) is 0 Å². The summed E-state index contributed by atoms with van der Waals surface area (Å²) in [5.41, 5.74) is 4.94. The molecule has 0 amide bonds. The lowest BCUT2D eigenvalue weighted by atomic mass is 10.0. The fraction of sp³-hybridized carbons (Fsp3) is 0.909. The first-order valence-corrected chi connectivity index (χ1v) is 5.69. The molecule has 1 aliphatic heterocycles. The Morgan fingerprint density at radius 2 is 2.12 bits per heavy atom. The van der Waals surface area contributed by atoms with Gasteiger partial charge in [0.2, 0.25) is 0 Å². The van der Waals surface area contributed by atoms with Gasteiger partial charge in [0.25, 0.3) is 0 Å². The van der Waals surface area contributed by atoms with Crippen LogP contribution in [0.5, 0.6) is 0 Å². The number of β-amino-alcohol motifs (C(OH)–C–C–N with tert-alkyl or cyclic N) is 1. The molecule has 0 aliphatic carbocycles. The number of likely N-dealkylation sites (N-methyl/N-ethyl adjacent to an activating group) is 1. The lowest BCUT2D eigenvalue weighted by Gasteiger charge is -2.23. The summed E-state index contributed by atoms with van der Waals surface area (Å²) >= 11 is 0. The highest BCUT2D eigenvalue weighted by Gasteiger charge is 2.34. The molecule has 4 N–H and O–H groups in total. The minimum atomic E-state index is -0.709. The minimum absolute atomic E-state index is 0. The summed E-state index contributed by atoms with van der Waals surface area (Å²) in [6.45, 7) is 8.01. The Kier molecular flexibility index (Phi) is 6.16. The van der Waals surface area contributed by atoms with Crippen LogP contribution in [0, 0.1) is 0 Å². The van der Waals surface area contributed by atoms with Crippen molar-refractivity contribution in [2.45, 2.75) is 38.3 Å². The van der Waals surface area contributed by atoms with Crippen molar-refractivity contribution in [3.05, 3.63) is 0 Å².